The van der Waals surface area contributed by atoms with E-state index in [1.165, 1.54) is 0 Å². The summed E-state index contributed by atoms with van der Waals surface area (Å²) in [6.45, 7) is 7.19. The zero-order valence-electron chi connectivity index (χ0n) is 8.42. The van der Waals surface area contributed by atoms with Crippen molar-refractivity contribution >= 4 is 6.03 Å². The largest absolute Gasteiger partial charge is 0.336 e. The molecule has 4 heteroatoms. The molecule has 13 heavy (non-hydrogen) atoms. The van der Waals surface area contributed by atoms with Crippen LogP contribution in [0.3, 0.4) is 0 Å². The predicted molar refractivity (Wildman–Crippen MR) is 51.7 cm³/mol. The van der Waals surface area contributed by atoms with E-state index >= 15 is 0 Å². The molecular formula is C9H18N3O. The van der Waals surface area contributed by atoms with Crippen molar-refractivity contribution in [3.63, 3.8) is 0 Å². The van der Waals surface area contributed by atoms with Gasteiger partial charge >= 0.3 is 6.03 Å². The zero-order valence-corrected chi connectivity index (χ0v) is 8.42. The van der Waals surface area contributed by atoms with Crippen molar-refractivity contribution in [2.75, 3.05) is 26.2 Å². The van der Waals surface area contributed by atoms with Gasteiger partial charge in [-0.25, -0.2) is 10.1 Å². The molecule has 1 fully saturated rings. The van der Waals surface area contributed by atoms with Crippen molar-refractivity contribution < 1.29 is 4.79 Å². The van der Waals surface area contributed by atoms with Crippen LogP contribution < -0.4 is 10.6 Å². The maximum absolute atomic E-state index is 11.5. The Morgan fingerprint density at radius 3 is 2.69 bits per heavy atom. The summed E-state index contributed by atoms with van der Waals surface area (Å²) in [6, 6.07) is 0.329. The number of nitrogens with one attached hydrogen (secondary N) is 1. The molecule has 1 unspecified atom stereocenters. The van der Waals surface area contributed by atoms with Crippen LogP contribution >= 0.6 is 0 Å². The lowest BCUT2D eigenvalue weighted by molar-refractivity contribution is 0.186. The quantitative estimate of drug-likeness (QED) is 0.664. The fourth-order valence-electron chi connectivity index (χ4n) is 1.21. The topological polar surface area (TPSA) is 46.4 Å². The van der Waals surface area contributed by atoms with Gasteiger partial charge in [0, 0.05) is 32.2 Å². The molecule has 1 saturated heterocycles. The number of carbonyl (C=O) groups is 1. The third kappa shape index (κ3) is 3.22. The number of amides is 2. The molecule has 2 amide bonds. The minimum Gasteiger partial charge on any atom is -0.336 e. The highest BCUT2D eigenvalue weighted by atomic mass is 16.2. The fraction of sp³-hybridized carbons (Fsp3) is 0.889. The summed E-state index contributed by atoms with van der Waals surface area (Å²) in [7, 11) is 0. The summed E-state index contributed by atoms with van der Waals surface area (Å²) >= 11 is 0. The molecule has 0 spiro atoms. The highest BCUT2D eigenvalue weighted by Crippen LogP contribution is 1.96. The van der Waals surface area contributed by atoms with Gasteiger partial charge in [-0.1, -0.05) is 6.92 Å². The lowest BCUT2D eigenvalue weighted by Gasteiger charge is -2.27. The van der Waals surface area contributed by atoms with E-state index in [0.29, 0.717) is 0 Å². The number of urea groups is 1. The van der Waals surface area contributed by atoms with E-state index in [9.17, 15) is 4.79 Å². The lowest BCUT2D eigenvalue weighted by atomic mass is 10.3. The van der Waals surface area contributed by atoms with E-state index in [0.717, 1.165) is 32.6 Å². The van der Waals surface area contributed by atoms with Gasteiger partial charge in [0.1, 0.15) is 0 Å². The second-order valence-electron chi connectivity index (χ2n) is 3.42. The van der Waals surface area contributed by atoms with Crippen LogP contribution in [0.4, 0.5) is 4.79 Å². The smallest absolute Gasteiger partial charge is 0.317 e. The first-order valence-electron chi connectivity index (χ1n) is 4.92. The molecule has 1 rings (SSSR count). The molecule has 1 aliphatic heterocycles. The number of piperazine rings is 1. The fourth-order valence-corrected chi connectivity index (χ4v) is 1.21. The van der Waals surface area contributed by atoms with E-state index in [2.05, 4.69) is 17.6 Å². The first kappa shape index (κ1) is 10.3. The summed E-state index contributed by atoms with van der Waals surface area (Å²) in [6.07, 6.45) is 0.976. The Balaban J connectivity index is 2.29. The number of hydrogen-bond acceptors (Lipinski definition) is 1. The molecule has 1 N–H and O–H groups in total. The Bertz CT molecular complexity index is 166. The van der Waals surface area contributed by atoms with Crippen LogP contribution in [0, 0.1) is 0 Å². The van der Waals surface area contributed by atoms with Gasteiger partial charge in [0.25, 0.3) is 0 Å². The monoisotopic (exact) mass is 184 g/mol. The SMILES string of the molecule is CCC(C)NC(=O)N1CC[N]CC1. The summed E-state index contributed by atoms with van der Waals surface area (Å²) in [5.74, 6) is 0. The van der Waals surface area contributed by atoms with Gasteiger partial charge in [-0.15, -0.1) is 0 Å². The molecule has 1 aliphatic rings. The molecule has 0 aromatic heterocycles. The van der Waals surface area contributed by atoms with Crippen molar-refractivity contribution in [3.8, 4) is 0 Å². The highest BCUT2D eigenvalue weighted by Gasteiger charge is 2.17. The van der Waals surface area contributed by atoms with Crippen molar-refractivity contribution in [2.45, 2.75) is 26.3 Å². The first-order chi connectivity index (χ1) is 6.24. The van der Waals surface area contributed by atoms with Crippen LogP contribution in [-0.4, -0.2) is 43.2 Å². The highest BCUT2D eigenvalue weighted by molar-refractivity contribution is 5.74. The van der Waals surface area contributed by atoms with Crippen LogP contribution in [0.25, 0.3) is 0 Å². The number of rotatable bonds is 2. The van der Waals surface area contributed by atoms with E-state index < -0.39 is 0 Å². The second-order valence-corrected chi connectivity index (χ2v) is 3.42. The molecule has 0 aromatic carbocycles. The third-order valence-electron chi connectivity index (χ3n) is 2.33. The maximum Gasteiger partial charge on any atom is 0.317 e. The molecule has 0 bridgehead atoms. The summed E-state index contributed by atoms with van der Waals surface area (Å²) in [5.41, 5.74) is 0. The Morgan fingerprint density at radius 1 is 1.54 bits per heavy atom. The van der Waals surface area contributed by atoms with Gasteiger partial charge in [-0.2, -0.15) is 0 Å². The maximum atomic E-state index is 11.5. The number of carbonyl (C=O) groups excluding carboxylic acids is 1. The summed E-state index contributed by atoms with van der Waals surface area (Å²) in [5, 5.41) is 7.13. The van der Waals surface area contributed by atoms with Crippen LogP contribution in [0.2, 0.25) is 0 Å². The average Bonchev–Trinajstić information content (AvgIpc) is 2.19. The van der Waals surface area contributed by atoms with Crippen molar-refractivity contribution in [1.82, 2.24) is 15.5 Å². The molecule has 0 saturated carbocycles. The van der Waals surface area contributed by atoms with Gasteiger partial charge in [-0.3, -0.25) is 0 Å². The van der Waals surface area contributed by atoms with E-state index in [1.54, 1.807) is 0 Å². The Morgan fingerprint density at radius 2 is 2.15 bits per heavy atom. The van der Waals surface area contributed by atoms with Crippen molar-refractivity contribution in [2.24, 2.45) is 0 Å². The first-order valence-corrected chi connectivity index (χ1v) is 4.92. The Kier molecular flexibility index (Phi) is 4.02. The number of hydrogen-bond donors (Lipinski definition) is 1. The molecule has 1 radical (unpaired) electrons. The molecule has 75 valence electrons. The van der Waals surface area contributed by atoms with Gasteiger partial charge in [0.2, 0.25) is 0 Å². The van der Waals surface area contributed by atoms with Crippen molar-refractivity contribution in [1.29, 1.82) is 0 Å². The van der Waals surface area contributed by atoms with Gasteiger partial charge < -0.3 is 10.2 Å². The molecular weight excluding hydrogens is 166 g/mol. The Hall–Kier alpha value is -0.770. The van der Waals surface area contributed by atoms with Crippen LogP contribution in [0.15, 0.2) is 0 Å². The van der Waals surface area contributed by atoms with E-state index in [4.69, 9.17) is 0 Å². The van der Waals surface area contributed by atoms with Gasteiger partial charge in [0.05, 0.1) is 0 Å². The van der Waals surface area contributed by atoms with E-state index in [1.807, 2.05) is 11.8 Å². The molecule has 1 atom stereocenters. The lowest BCUT2D eigenvalue weighted by Crippen LogP contribution is -2.50. The molecule has 0 aromatic rings. The predicted octanol–water partition coefficient (Wildman–Crippen LogP) is 0.415. The standard InChI is InChI=1S/C9H18N3O/c1-3-8(2)11-9(13)12-6-4-10-5-7-12/h8H,3-7H2,1-2H3,(H,11,13). The summed E-state index contributed by atoms with van der Waals surface area (Å²) < 4.78 is 0. The minimum atomic E-state index is 0.0595. The van der Waals surface area contributed by atoms with Crippen LogP contribution in [0.1, 0.15) is 20.3 Å². The van der Waals surface area contributed by atoms with Crippen LogP contribution in [0.5, 0.6) is 0 Å². The Labute approximate surface area is 79.7 Å². The minimum absolute atomic E-state index is 0.0595. The van der Waals surface area contributed by atoms with Crippen LogP contribution in [-0.2, 0) is 0 Å². The van der Waals surface area contributed by atoms with Gasteiger partial charge in [-0.05, 0) is 13.3 Å². The second kappa shape index (κ2) is 5.07. The third-order valence-corrected chi connectivity index (χ3v) is 2.33. The van der Waals surface area contributed by atoms with E-state index in [-0.39, 0.29) is 12.1 Å². The molecule has 1 heterocycles. The van der Waals surface area contributed by atoms with Crippen molar-refractivity contribution in [3.05, 3.63) is 0 Å². The molecule has 0 aliphatic carbocycles. The van der Waals surface area contributed by atoms with Gasteiger partial charge in [0.15, 0.2) is 0 Å². The molecule has 4 nitrogen and oxygen atoms in total. The number of nitrogens with zero attached hydrogens (tertiary/aromatic N) is 2. The zero-order chi connectivity index (χ0) is 9.68. The average molecular weight is 184 g/mol. The summed E-state index contributed by atoms with van der Waals surface area (Å²) in [4.78, 5) is 13.4. The normalized spacial score (nSPS) is 19.7.